The Kier molecular flexibility index (Phi) is 3.02. The van der Waals surface area contributed by atoms with Crippen LogP contribution in [0.5, 0.6) is 0 Å². The third-order valence-electron chi connectivity index (χ3n) is 2.49. The zero-order valence-corrected chi connectivity index (χ0v) is 8.27. The fourth-order valence-corrected chi connectivity index (χ4v) is 1.47. The SMILES string of the molecule is CCCCC1=C(F)C(F)(F)C(F)(F)C1(F)F. The first-order valence-electron chi connectivity index (χ1n) is 4.63. The minimum atomic E-state index is -5.69. The van der Waals surface area contributed by atoms with Crippen molar-refractivity contribution < 1.29 is 30.7 Å². The summed E-state index contributed by atoms with van der Waals surface area (Å²) in [4.78, 5) is 0. The van der Waals surface area contributed by atoms with Gasteiger partial charge in [-0.1, -0.05) is 13.3 Å². The van der Waals surface area contributed by atoms with Gasteiger partial charge in [-0.05, 0) is 12.8 Å². The summed E-state index contributed by atoms with van der Waals surface area (Å²) in [7, 11) is 0. The van der Waals surface area contributed by atoms with Crippen LogP contribution < -0.4 is 0 Å². The first-order valence-corrected chi connectivity index (χ1v) is 4.63. The maximum atomic E-state index is 12.9. The van der Waals surface area contributed by atoms with Crippen LogP contribution >= 0.6 is 0 Å². The molecule has 0 nitrogen and oxygen atoms in total. The Hall–Kier alpha value is -0.750. The molecule has 0 N–H and O–H groups in total. The molecule has 1 aliphatic rings. The monoisotopic (exact) mass is 250 g/mol. The fraction of sp³-hybridized carbons (Fsp3) is 0.778. The molecule has 0 aromatic carbocycles. The third-order valence-corrected chi connectivity index (χ3v) is 2.49. The molecule has 0 heterocycles. The summed E-state index contributed by atoms with van der Waals surface area (Å²) in [5.41, 5.74) is -1.77. The van der Waals surface area contributed by atoms with Crippen LogP contribution in [0.3, 0.4) is 0 Å². The Bertz CT molecular complexity index is 316. The van der Waals surface area contributed by atoms with Gasteiger partial charge in [0.2, 0.25) is 0 Å². The molecular formula is C9H9F7. The average molecular weight is 250 g/mol. The van der Waals surface area contributed by atoms with Gasteiger partial charge in [-0.3, -0.25) is 0 Å². The molecule has 0 bridgehead atoms. The van der Waals surface area contributed by atoms with Crippen molar-refractivity contribution in [2.75, 3.05) is 0 Å². The van der Waals surface area contributed by atoms with E-state index >= 15 is 0 Å². The van der Waals surface area contributed by atoms with Crippen LogP contribution in [0.2, 0.25) is 0 Å². The first kappa shape index (κ1) is 13.3. The summed E-state index contributed by atoms with van der Waals surface area (Å²) in [6.45, 7) is 1.54. The second-order valence-corrected chi connectivity index (χ2v) is 3.62. The number of alkyl halides is 6. The van der Waals surface area contributed by atoms with E-state index in [4.69, 9.17) is 0 Å². The molecule has 1 aliphatic carbocycles. The van der Waals surface area contributed by atoms with Gasteiger partial charge in [0.25, 0.3) is 0 Å². The van der Waals surface area contributed by atoms with Gasteiger partial charge in [0.1, 0.15) is 0 Å². The molecule has 0 unspecified atom stereocenters. The van der Waals surface area contributed by atoms with Crippen molar-refractivity contribution in [1.29, 1.82) is 0 Å². The van der Waals surface area contributed by atoms with Crippen LogP contribution in [0.1, 0.15) is 26.2 Å². The molecule has 0 aromatic rings. The lowest BCUT2D eigenvalue weighted by Gasteiger charge is -2.24. The van der Waals surface area contributed by atoms with Crippen LogP contribution in [0.15, 0.2) is 11.4 Å². The van der Waals surface area contributed by atoms with Crippen LogP contribution in [-0.4, -0.2) is 17.8 Å². The quantitative estimate of drug-likeness (QED) is 0.654. The summed E-state index contributed by atoms with van der Waals surface area (Å²) in [5.74, 6) is -18.9. The number of rotatable bonds is 3. The molecular weight excluding hydrogens is 241 g/mol. The number of hydrogen-bond donors (Lipinski definition) is 0. The van der Waals surface area contributed by atoms with E-state index in [1.807, 2.05) is 0 Å². The smallest absolute Gasteiger partial charge is 0.205 e. The van der Waals surface area contributed by atoms with Gasteiger partial charge >= 0.3 is 17.8 Å². The van der Waals surface area contributed by atoms with Crippen molar-refractivity contribution in [3.63, 3.8) is 0 Å². The van der Waals surface area contributed by atoms with E-state index in [0.717, 1.165) is 0 Å². The predicted molar refractivity (Wildman–Crippen MR) is 42.5 cm³/mol. The lowest BCUT2D eigenvalue weighted by Crippen LogP contribution is -2.49. The van der Waals surface area contributed by atoms with Crippen LogP contribution in [0.25, 0.3) is 0 Å². The Morgan fingerprint density at radius 2 is 1.44 bits per heavy atom. The van der Waals surface area contributed by atoms with Crippen molar-refractivity contribution in [3.05, 3.63) is 11.4 Å². The van der Waals surface area contributed by atoms with Gasteiger partial charge in [-0.25, -0.2) is 4.39 Å². The Labute approximate surface area is 87.1 Å². The van der Waals surface area contributed by atoms with E-state index in [1.54, 1.807) is 6.92 Å². The van der Waals surface area contributed by atoms with Crippen LogP contribution in [0.4, 0.5) is 30.7 Å². The van der Waals surface area contributed by atoms with E-state index in [1.165, 1.54) is 0 Å². The second kappa shape index (κ2) is 3.63. The van der Waals surface area contributed by atoms with E-state index in [-0.39, 0.29) is 6.42 Å². The first-order chi connectivity index (χ1) is 7.10. The highest BCUT2D eigenvalue weighted by Gasteiger charge is 2.80. The standard InChI is InChI=1S/C9H9F7/c1-2-3-4-5-6(10)8(13,14)9(15,16)7(5,11)12/h2-4H2,1H3. The highest BCUT2D eigenvalue weighted by Crippen LogP contribution is 2.60. The Balaban J connectivity index is 3.19. The molecule has 16 heavy (non-hydrogen) atoms. The molecule has 0 saturated heterocycles. The van der Waals surface area contributed by atoms with Gasteiger partial charge < -0.3 is 0 Å². The van der Waals surface area contributed by atoms with Crippen molar-refractivity contribution in [2.45, 2.75) is 44.0 Å². The van der Waals surface area contributed by atoms with Crippen molar-refractivity contribution in [1.82, 2.24) is 0 Å². The van der Waals surface area contributed by atoms with Gasteiger partial charge in [-0.2, -0.15) is 26.3 Å². The van der Waals surface area contributed by atoms with Gasteiger partial charge in [0.05, 0.1) is 0 Å². The molecule has 0 spiro atoms. The minimum absolute atomic E-state index is 0.0511. The van der Waals surface area contributed by atoms with Crippen molar-refractivity contribution >= 4 is 0 Å². The summed E-state index contributed by atoms with van der Waals surface area (Å²) >= 11 is 0. The molecule has 1 rings (SSSR count). The summed E-state index contributed by atoms with van der Waals surface area (Å²) in [6, 6.07) is 0. The van der Waals surface area contributed by atoms with E-state index < -0.39 is 35.6 Å². The fourth-order valence-electron chi connectivity index (χ4n) is 1.47. The topological polar surface area (TPSA) is 0 Å². The normalized spacial score (nSPS) is 26.2. The minimum Gasteiger partial charge on any atom is -0.205 e. The largest absolute Gasteiger partial charge is 0.382 e. The lowest BCUT2D eigenvalue weighted by atomic mass is 10.0. The molecule has 0 radical (unpaired) electrons. The zero-order chi connectivity index (χ0) is 12.8. The van der Waals surface area contributed by atoms with Crippen LogP contribution in [-0.2, 0) is 0 Å². The molecule has 94 valence electrons. The molecule has 0 aromatic heterocycles. The maximum Gasteiger partial charge on any atom is 0.382 e. The average Bonchev–Trinajstić information content (AvgIpc) is 2.23. The van der Waals surface area contributed by atoms with E-state index in [0.29, 0.717) is 6.42 Å². The van der Waals surface area contributed by atoms with Gasteiger partial charge in [-0.15, -0.1) is 0 Å². The number of unbranched alkanes of at least 4 members (excludes halogenated alkanes) is 1. The molecule has 7 heteroatoms. The van der Waals surface area contributed by atoms with Crippen molar-refractivity contribution in [3.8, 4) is 0 Å². The predicted octanol–water partition coefficient (Wildman–Crippen LogP) is 4.32. The Morgan fingerprint density at radius 1 is 0.938 bits per heavy atom. The van der Waals surface area contributed by atoms with Gasteiger partial charge in [0.15, 0.2) is 5.83 Å². The van der Waals surface area contributed by atoms with Gasteiger partial charge in [0, 0.05) is 5.57 Å². The summed E-state index contributed by atoms with van der Waals surface area (Å²) < 4.78 is 89.3. The molecule has 0 fully saturated rings. The lowest BCUT2D eigenvalue weighted by molar-refractivity contribution is -0.268. The number of hydrogen-bond acceptors (Lipinski definition) is 0. The number of halogens is 7. The number of allylic oxidation sites excluding steroid dienone is 2. The summed E-state index contributed by atoms with van der Waals surface area (Å²) in [5, 5.41) is 0. The zero-order valence-electron chi connectivity index (χ0n) is 8.27. The van der Waals surface area contributed by atoms with Crippen LogP contribution in [0, 0.1) is 0 Å². The molecule has 0 atom stereocenters. The molecule has 0 aliphatic heterocycles. The molecule has 0 saturated carbocycles. The Morgan fingerprint density at radius 3 is 1.75 bits per heavy atom. The third kappa shape index (κ3) is 1.43. The second-order valence-electron chi connectivity index (χ2n) is 3.62. The molecule has 0 amide bonds. The highest BCUT2D eigenvalue weighted by atomic mass is 19.3. The highest BCUT2D eigenvalue weighted by molar-refractivity contribution is 5.36. The van der Waals surface area contributed by atoms with E-state index in [9.17, 15) is 30.7 Å². The maximum absolute atomic E-state index is 12.9. The van der Waals surface area contributed by atoms with E-state index in [2.05, 4.69) is 0 Å². The van der Waals surface area contributed by atoms with Crippen molar-refractivity contribution in [2.24, 2.45) is 0 Å². The summed E-state index contributed by atoms with van der Waals surface area (Å²) in [6.07, 6.45) is -0.533.